The minimum Gasteiger partial charge on any atom is -0.447 e. The number of carbonyl (C=O) groups is 1. The fourth-order valence-corrected chi connectivity index (χ4v) is 2.25. The van der Waals surface area contributed by atoms with Crippen LogP contribution >= 0.6 is 0 Å². The lowest BCUT2D eigenvalue weighted by molar-refractivity contribution is 0.0122. The lowest BCUT2D eigenvalue weighted by Gasteiger charge is -2.29. The van der Waals surface area contributed by atoms with Crippen molar-refractivity contribution in [2.24, 2.45) is 5.92 Å². The average Bonchev–Trinajstić information content (AvgIpc) is 2.91. The van der Waals surface area contributed by atoms with Crippen LogP contribution in [0.1, 0.15) is 39.3 Å². The molecule has 0 bridgehead atoms. The maximum atomic E-state index is 11.5. The molecule has 2 N–H and O–H groups in total. The van der Waals surface area contributed by atoms with Crippen LogP contribution in [0.5, 0.6) is 0 Å². The highest BCUT2D eigenvalue weighted by Gasteiger charge is 2.26. The van der Waals surface area contributed by atoms with Gasteiger partial charge in [0.25, 0.3) is 0 Å². The molecule has 0 aliphatic carbocycles. The highest BCUT2D eigenvalue weighted by Crippen LogP contribution is 2.22. The van der Waals surface area contributed by atoms with Crippen molar-refractivity contribution in [1.29, 1.82) is 0 Å². The van der Waals surface area contributed by atoms with Gasteiger partial charge in [0.1, 0.15) is 6.61 Å². The summed E-state index contributed by atoms with van der Waals surface area (Å²) in [6.45, 7) is 9.51. The van der Waals surface area contributed by atoms with E-state index in [4.69, 9.17) is 4.74 Å². The number of hydrogen-bond donors (Lipinski definition) is 2. The van der Waals surface area contributed by atoms with Crippen LogP contribution in [0, 0.1) is 5.92 Å². The number of nitrogens with zero attached hydrogens (tertiary/aromatic N) is 1. The van der Waals surface area contributed by atoms with Gasteiger partial charge in [-0.1, -0.05) is 26.0 Å². The molecule has 1 heterocycles. The predicted octanol–water partition coefficient (Wildman–Crippen LogP) is 2.70. The van der Waals surface area contributed by atoms with Crippen molar-refractivity contribution in [3.05, 3.63) is 29.8 Å². The lowest BCUT2D eigenvalue weighted by atomic mass is 9.92. The summed E-state index contributed by atoms with van der Waals surface area (Å²) in [6, 6.07) is 8.00. The van der Waals surface area contributed by atoms with Gasteiger partial charge in [-0.25, -0.2) is 4.79 Å². The number of anilines is 1. The Morgan fingerprint density at radius 1 is 1.32 bits per heavy atom. The molecular weight excluding hydrogens is 280 g/mol. The Morgan fingerprint density at radius 3 is 2.45 bits per heavy atom. The quantitative estimate of drug-likeness (QED) is 0.848. The average molecular weight is 306 g/mol. The van der Waals surface area contributed by atoms with Gasteiger partial charge < -0.3 is 15.2 Å². The molecule has 2 atom stereocenters. The van der Waals surface area contributed by atoms with Crippen LogP contribution in [-0.4, -0.2) is 36.5 Å². The highest BCUT2D eigenvalue weighted by atomic mass is 16.6. The van der Waals surface area contributed by atoms with Crippen molar-refractivity contribution in [2.45, 2.75) is 39.3 Å². The Kier molecular flexibility index (Phi) is 5.08. The molecule has 1 aromatic rings. The van der Waals surface area contributed by atoms with Gasteiger partial charge in [-0.05, 0) is 37.5 Å². The van der Waals surface area contributed by atoms with Gasteiger partial charge in [-0.2, -0.15) is 0 Å². The molecule has 1 aromatic carbocycles. The molecule has 1 aliphatic rings. The molecule has 1 aliphatic heterocycles. The van der Waals surface area contributed by atoms with Gasteiger partial charge in [0, 0.05) is 18.3 Å². The number of carbonyl (C=O) groups excluding carboxylic acids is 1. The van der Waals surface area contributed by atoms with Crippen LogP contribution in [0.25, 0.3) is 0 Å². The van der Waals surface area contributed by atoms with E-state index >= 15 is 0 Å². The lowest BCUT2D eigenvalue weighted by Crippen LogP contribution is -2.42. The van der Waals surface area contributed by atoms with Crippen LogP contribution in [0.15, 0.2) is 24.3 Å². The Labute approximate surface area is 132 Å². The number of ether oxygens (including phenoxy) is 1. The zero-order chi connectivity index (χ0) is 16.3. The van der Waals surface area contributed by atoms with E-state index in [-0.39, 0.29) is 18.1 Å². The standard InChI is InChI=1S/C17H26N2O3/c1-12(2)17(4,21)11-18-13(3)14-5-7-15(8-6-14)19-9-10-22-16(19)20/h5-8,12-13,18,21H,9-11H2,1-4H3. The van der Waals surface area contributed by atoms with E-state index in [2.05, 4.69) is 12.2 Å². The van der Waals surface area contributed by atoms with Gasteiger partial charge >= 0.3 is 6.09 Å². The topological polar surface area (TPSA) is 61.8 Å². The Morgan fingerprint density at radius 2 is 1.95 bits per heavy atom. The van der Waals surface area contributed by atoms with Gasteiger partial charge in [-0.3, -0.25) is 4.90 Å². The second kappa shape index (κ2) is 6.67. The largest absolute Gasteiger partial charge is 0.447 e. The van der Waals surface area contributed by atoms with Gasteiger partial charge in [0.2, 0.25) is 0 Å². The third-order valence-electron chi connectivity index (χ3n) is 4.48. The summed E-state index contributed by atoms with van der Waals surface area (Å²) in [5.74, 6) is 0.191. The zero-order valence-corrected chi connectivity index (χ0v) is 13.8. The fraction of sp³-hybridized carbons (Fsp3) is 0.588. The number of aliphatic hydroxyl groups is 1. The van der Waals surface area contributed by atoms with Crippen LogP contribution in [0.4, 0.5) is 10.5 Å². The van der Waals surface area contributed by atoms with Gasteiger partial charge in [-0.15, -0.1) is 0 Å². The highest BCUT2D eigenvalue weighted by molar-refractivity contribution is 5.89. The van der Waals surface area contributed by atoms with Crippen molar-refractivity contribution in [3.8, 4) is 0 Å². The molecule has 22 heavy (non-hydrogen) atoms. The zero-order valence-electron chi connectivity index (χ0n) is 13.8. The van der Waals surface area contributed by atoms with Crippen LogP contribution in [-0.2, 0) is 4.74 Å². The molecule has 1 fully saturated rings. The summed E-state index contributed by atoms with van der Waals surface area (Å²) in [4.78, 5) is 13.2. The molecular formula is C17H26N2O3. The van der Waals surface area contributed by atoms with Crippen LogP contribution in [0.2, 0.25) is 0 Å². The van der Waals surface area contributed by atoms with Crippen molar-refractivity contribution >= 4 is 11.8 Å². The van der Waals surface area contributed by atoms with E-state index in [9.17, 15) is 9.90 Å². The SMILES string of the molecule is CC(NCC(C)(O)C(C)C)c1ccc(N2CCOC2=O)cc1. The molecule has 0 radical (unpaired) electrons. The second-order valence-electron chi connectivity index (χ2n) is 6.47. The number of amides is 1. The number of rotatable bonds is 6. The molecule has 0 aromatic heterocycles. The molecule has 122 valence electrons. The van der Waals surface area contributed by atoms with E-state index in [1.807, 2.05) is 45.0 Å². The predicted molar refractivity (Wildman–Crippen MR) is 87.0 cm³/mol. The van der Waals surface area contributed by atoms with Gasteiger partial charge in [0.05, 0.1) is 12.1 Å². The smallest absolute Gasteiger partial charge is 0.414 e. The number of hydrogen-bond acceptors (Lipinski definition) is 4. The van der Waals surface area contributed by atoms with E-state index in [1.165, 1.54) is 0 Å². The van der Waals surface area contributed by atoms with Crippen molar-refractivity contribution in [2.75, 3.05) is 24.6 Å². The summed E-state index contributed by atoms with van der Waals surface area (Å²) >= 11 is 0. The molecule has 1 saturated heterocycles. The first-order valence-corrected chi connectivity index (χ1v) is 7.81. The number of benzene rings is 1. The summed E-state index contributed by atoms with van der Waals surface area (Å²) in [5, 5.41) is 13.6. The minimum atomic E-state index is -0.729. The van der Waals surface area contributed by atoms with E-state index in [0.29, 0.717) is 19.7 Å². The minimum absolute atomic E-state index is 0.129. The van der Waals surface area contributed by atoms with Gasteiger partial charge in [0.15, 0.2) is 0 Å². The Balaban J connectivity index is 1.96. The summed E-state index contributed by atoms with van der Waals surface area (Å²) < 4.78 is 4.94. The molecule has 5 heteroatoms. The third-order valence-corrected chi connectivity index (χ3v) is 4.48. The first-order valence-electron chi connectivity index (χ1n) is 7.81. The first-order chi connectivity index (χ1) is 10.3. The summed E-state index contributed by atoms with van der Waals surface area (Å²) in [5.41, 5.74) is 1.25. The van der Waals surface area contributed by atoms with Crippen LogP contribution in [0.3, 0.4) is 0 Å². The fourth-order valence-electron chi connectivity index (χ4n) is 2.25. The molecule has 5 nitrogen and oxygen atoms in total. The van der Waals surface area contributed by atoms with Crippen LogP contribution < -0.4 is 10.2 Å². The van der Waals surface area contributed by atoms with E-state index < -0.39 is 5.60 Å². The molecule has 0 saturated carbocycles. The third kappa shape index (κ3) is 3.78. The number of cyclic esters (lactones) is 1. The Hall–Kier alpha value is -1.59. The summed E-state index contributed by atoms with van der Waals surface area (Å²) in [7, 11) is 0. The first kappa shape index (κ1) is 16.8. The maximum absolute atomic E-state index is 11.5. The molecule has 0 spiro atoms. The van der Waals surface area contributed by atoms with E-state index in [1.54, 1.807) is 4.90 Å². The van der Waals surface area contributed by atoms with E-state index in [0.717, 1.165) is 11.3 Å². The molecule has 2 unspecified atom stereocenters. The molecule has 1 amide bonds. The Bertz CT molecular complexity index is 511. The van der Waals surface area contributed by atoms with Crippen molar-refractivity contribution in [3.63, 3.8) is 0 Å². The number of nitrogens with one attached hydrogen (secondary N) is 1. The summed E-state index contributed by atoms with van der Waals surface area (Å²) in [6.07, 6.45) is -0.285. The monoisotopic (exact) mass is 306 g/mol. The van der Waals surface area contributed by atoms with Crippen molar-refractivity contribution in [1.82, 2.24) is 5.32 Å². The maximum Gasteiger partial charge on any atom is 0.414 e. The second-order valence-corrected chi connectivity index (χ2v) is 6.47. The van der Waals surface area contributed by atoms with Crippen molar-refractivity contribution < 1.29 is 14.6 Å². The normalized spacial score (nSPS) is 19.2. The molecule has 2 rings (SSSR count).